The third-order valence-electron chi connectivity index (χ3n) is 4.90. The summed E-state index contributed by atoms with van der Waals surface area (Å²) in [5, 5.41) is 0. The van der Waals surface area contributed by atoms with Gasteiger partial charge in [-0.3, -0.25) is 4.79 Å². The Balaban J connectivity index is 2.08. The van der Waals surface area contributed by atoms with E-state index in [0.717, 1.165) is 17.5 Å². The fourth-order valence-electron chi connectivity index (χ4n) is 3.16. The Bertz CT molecular complexity index is 835. The minimum Gasteiger partial charge on any atom is -0.469 e. The number of methoxy groups -OCH3 is 1. The molecule has 0 unspecified atom stereocenters. The molecule has 0 bridgehead atoms. The molecule has 0 aromatic heterocycles. The molecule has 0 saturated carbocycles. The monoisotopic (exact) mass is 425 g/mol. The third-order valence-corrected chi connectivity index (χ3v) is 4.90. The lowest BCUT2D eigenvalue weighted by Gasteiger charge is -2.27. The van der Waals surface area contributed by atoms with E-state index in [9.17, 15) is 9.59 Å². The minimum atomic E-state index is -0.603. The van der Waals surface area contributed by atoms with E-state index in [1.54, 1.807) is 4.90 Å². The Kier molecular flexibility index (Phi) is 9.10. The van der Waals surface area contributed by atoms with Gasteiger partial charge in [-0.05, 0) is 55.9 Å². The number of amides is 1. The van der Waals surface area contributed by atoms with E-state index in [1.165, 1.54) is 31.1 Å². The van der Waals surface area contributed by atoms with Crippen molar-refractivity contribution in [1.29, 1.82) is 0 Å². The summed E-state index contributed by atoms with van der Waals surface area (Å²) in [6.45, 7) is 8.28. The Morgan fingerprint density at radius 2 is 1.45 bits per heavy atom. The van der Waals surface area contributed by atoms with E-state index >= 15 is 0 Å². The molecule has 5 nitrogen and oxygen atoms in total. The highest BCUT2D eigenvalue weighted by Crippen LogP contribution is 2.22. The van der Waals surface area contributed by atoms with Crippen LogP contribution in [0.15, 0.2) is 48.5 Å². The van der Waals surface area contributed by atoms with Gasteiger partial charge in [0.25, 0.3) is 0 Å². The third kappa shape index (κ3) is 8.44. The lowest BCUT2D eigenvalue weighted by molar-refractivity contribution is -0.140. The maximum Gasteiger partial charge on any atom is 0.410 e. The molecule has 0 spiro atoms. The lowest BCUT2D eigenvalue weighted by Crippen LogP contribution is -2.37. The molecule has 2 aromatic rings. The van der Waals surface area contributed by atoms with Crippen molar-refractivity contribution in [2.24, 2.45) is 0 Å². The van der Waals surface area contributed by atoms with Crippen LogP contribution in [0.2, 0.25) is 0 Å². The number of ether oxygens (including phenoxy) is 2. The SMILES string of the molecule is CCCCc1ccc(-c2ccc(CN(CCC(=O)OC)C(=O)OC(C)(C)C)cc2)cc1. The first-order chi connectivity index (χ1) is 14.7. The van der Waals surface area contributed by atoms with Gasteiger partial charge in [-0.15, -0.1) is 0 Å². The highest BCUT2D eigenvalue weighted by molar-refractivity contribution is 5.72. The second kappa shape index (κ2) is 11.5. The quantitative estimate of drug-likeness (QED) is 0.463. The van der Waals surface area contributed by atoms with Crippen LogP contribution in [0.3, 0.4) is 0 Å². The van der Waals surface area contributed by atoms with Crippen molar-refractivity contribution in [3.63, 3.8) is 0 Å². The van der Waals surface area contributed by atoms with Gasteiger partial charge in [0.05, 0.1) is 13.5 Å². The molecule has 2 aromatic carbocycles. The number of aryl methyl sites for hydroxylation is 1. The Morgan fingerprint density at radius 1 is 0.903 bits per heavy atom. The van der Waals surface area contributed by atoms with E-state index < -0.39 is 11.7 Å². The number of carbonyl (C=O) groups excluding carboxylic acids is 2. The van der Waals surface area contributed by atoms with Crippen molar-refractivity contribution in [3.8, 4) is 11.1 Å². The first-order valence-corrected chi connectivity index (χ1v) is 10.9. The van der Waals surface area contributed by atoms with Gasteiger partial charge in [0.1, 0.15) is 5.60 Å². The summed E-state index contributed by atoms with van der Waals surface area (Å²) < 4.78 is 10.2. The van der Waals surface area contributed by atoms with E-state index in [1.807, 2.05) is 32.9 Å². The first kappa shape index (κ1) is 24.4. The topological polar surface area (TPSA) is 55.8 Å². The summed E-state index contributed by atoms with van der Waals surface area (Å²) in [4.78, 5) is 25.7. The molecule has 0 saturated heterocycles. The average molecular weight is 426 g/mol. The standard InChI is InChI=1S/C26H35NO4/c1-6-7-8-20-9-13-22(14-10-20)23-15-11-21(12-16-23)19-27(18-17-24(28)30-5)25(29)31-26(2,3)4/h9-16H,6-8,17-19H2,1-5H3. The van der Waals surface area contributed by atoms with Gasteiger partial charge in [-0.25, -0.2) is 4.79 Å². The van der Waals surface area contributed by atoms with Crippen molar-refractivity contribution in [3.05, 3.63) is 59.7 Å². The molecule has 0 atom stereocenters. The molecular weight excluding hydrogens is 390 g/mol. The Labute approximate surface area is 186 Å². The largest absolute Gasteiger partial charge is 0.469 e. The highest BCUT2D eigenvalue weighted by atomic mass is 16.6. The molecule has 5 heteroatoms. The summed E-state index contributed by atoms with van der Waals surface area (Å²) in [5.41, 5.74) is 4.03. The molecule has 0 N–H and O–H groups in total. The number of benzene rings is 2. The van der Waals surface area contributed by atoms with Gasteiger partial charge in [0, 0.05) is 13.1 Å². The smallest absolute Gasteiger partial charge is 0.410 e. The summed E-state index contributed by atoms with van der Waals surface area (Å²) in [6.07, 6.45) is 3.20. The molecule has 0 heterocycles. The zero-order chi connectivity index (χ0) is 22.9. The first-order valence-electron chi connectivity index (χ1n) is 10.9. The van der Waals surface area contributed by atoms with Gasteiger partial charge in [-0.2, -0.15) is 0 Å². The summed E-state index contributed by atoms with van der Waals surface area (Å²) in [6, 6.07) is 16.8. The molecule has 168 valence electrons. The number of nitrogens with zero attached hydrogens (tertiary/aromatic N) is 1. The lowest BCUT2D eigenvalue weighted by atomic mass is 10.0. The summed E-state index contributed by atoms with van der Waals surface area (Å²) >= 11 is 0. The summed E-state index contributed by atoms with van der Waals surface area (Å²) in [5.74, 6) is -0.355. The molecule has 0 radical (unpaired) electrons. The fourth-order valence-corrected chi connectivity index (χ4v) is 3.16. The molecule has 0 aliphatic carbocycles. The van der Waals surface area contributed by atoms with Crippen LogP contribution >= 0.6 is 0 Å². The maximum atomic E-state index is 12.6. The molecular formula is C26H35NO4. The van der Waals surface area contributed by atoms with Crippen LogP contribution in [0.25, 0.3) is 11.1 Å². The van der Waals surface area contributed by atoms with Crippen LogP contribution < -0.4 is 0 Å². The molecule has 2 rings (SSSR count). The van der Waals surface area contributed by atoms with E-state index in [0.29, 0.717) is 6.54 Å². The van der Waals surface area contributed by atoms with Crippen molar-refractivity contribution < 1.29 is 19.1 Å². The normalized spacial score (nSPS) is 11.1. The number of esters is 1. The second-order valence-corrected chi connectivity index (χ2v) is 8.73. The van der Waals surface area contributed by atoms with Gasteiger partial charge >= 0.3 is 12.1 Å². The molecule has 0 aliphatic rings. The van der Waals surface area contributed by atoms with Gasteiger partial charge in [0.2, 0.25) is 0 Å². The van der Waals surface area contributed by atoms with Crippen LogP contribution in [-0.2, 0) is 27.2 Å². The summed E-state index contributed by atoms with van der Waals surface area (Å²) in [7, 11) is 1.34. The van der Waals surface area contributed by atoms with Gasteiger partial charge in [-0.1, -0.05) is 61.9 Å². The molecule has 31 heavy (non-hydrogen) atoms. The van der Waals surface area contributed by atoms with Gasteiger partial charge < -0.3 is 14.4 Å². The maximum absolute atomic E-state index is 12.6. The Hall–Kier alpha value is -2.82. The van der Waals surface area contributed by atoms with Crippen LogP contribution in [0, 0.1) is 0 Å². The molecule has 0 fully saturated rings. The number of rotatable bonds is 9. The van der Waals surface area contributed by atoms with Crippen LogP contribution in [-0.4, -0.2) is 36.2 Å². The van der Waals surface area contributed by atoms with Crippen molar-refractivity contribution in [1.82, 2.24) is 4.90 Å². The van der Waals surface area contributed by atoms with Crippen molar-refractivity contribution >= 4 is 12.1 Å². The molecule has 1 amide bonds. The predicted octanol–water partition coefficient (Wildman–Crippen LogP) is 6.00. The van der Waals surface area contributed by atoms with E-state index in [-0.39, 0.29) is 18.9 Å². The highest BCUT2D eigenvalue weighted by Gasteiger charge is 2.23. The van der Waals surface area contributed by atoms with E-state index in [2.05, 4.69) is 43.3 Å². The average Bonchev–Trinajstić information content (AvgIpc) is 2.74. The zero-order valence-electron chi connectivity index (χ0n) is 19.4. The zero-order valence-corrected chi connectivity index (χ0v) is 19.4. The number of hydrogen-bond acceptors (Lipinski definition) is 4. The van der Waals surface area contributed by atoms with Crippen LogP contribution in [0.1, 0.15) is 58.1 Å². The second-order valence-electron chi connectivity index (χ2n) is 8.73. The number of unbranched alkanes of at least 4 members (excludes halogenated alkanes) is 1. The van der Waals surface area contributed by atoms with Crippen LogP contribution in [0.5, 0.6) is 0 Å². The van der Waals surface area contributed by atoms with E-state index in [4.69, 9.17) is 9.47 Å². The predicted molar refractivity (Wildman–Crippen MR) is 124 cm³/mol. The van der Waals surface area contributed by atoms with Gasteiger partial charge in [0.15, 0.2) is 0 Å². The van der Waals surface area contributed by atoms with Crippen LogP contribution in [0.4, 0.5) is 4.79 Å². The fraction of sp³-hybridized carbons (Fsp3) is 0.462. The van der Waals surface area contributed by atoms with Crippen molar-refractivity contribution in [2.45, 2.75) is 65.5 Å². The number of hydrogen-bond donors (Lipinski definition) is 0. The molecule has 0 aliphatic heterocycles. The minimum absolute atomic E-state index is 0.123. The Morgan fingerprint density at radius 3 is 1.94 bits per heavy atom. The van der Waals surface area contributed by atoms with Crippen molar-refractivity contribution in [2.75, 3.05) is 13.7 Å². The number of carbonyl (C=O) groups is 2.